The van der Waals surface area contributed by atoms with Crippen molar-refractivity contribution in [2.24, 2.45) is 7.05 Å². The number of aromatic nitrogens is 2. The molecule has 1 saturated heterocycles. The van der Waals surface area contributed by atoms with E-state index in [2.05, 4.69) is 15.0 Å². The van der Waals surface area contributed by atoms with Gasteiger partial charge in [-0.2, -0.15) is 17.4 Å². The Morgan fingerprint density at radius 1 is 1.42 bits per heavy atom. The normalized spacial score (nSPS) is 29.7. The summed E-state index contributed by atoms with van der Waals surface area (Å²) in [4.78, 5) is 18.1. The number of anilines is 1. The lowest BCUT2D eigenvalue weighted by atomic mass is 10.1. The number of hydrogen-bond donors (Lipinski definition) is 2. The maximum absolute atomic E-state index is 13.5. The second kappa shape index (κ2) is 8.32. The van der Waals surface area contributed by atoms with Gasteiger partial charge in [-0.3, -0.25) is 4.79 Å². The zero-order valence-electron chi connectivity index (χ0n) is 19.3. The van der Waals surface area contributed by atoms with Crippen molar-refractivity contribution in [2.75, 3.05) is 12.4 Å². The number of carbonyl (C=O) groups excluding carboxylic acids is 1. The molecule has 2 aromatic heterocycles. The summed E-state index contributed by atoms with van der Waals surface area (Å²) in [7, 11) is -1.78. The second-order valence-electron chi connectivity index (χ2n) is 6.69. The molecular formula is C19H19ClFN5O3S2. The van der Waals surface area contributed by atoms with Crippen LogP contribution in [0.3, 0.4) is 0 Å². The third kappa shape index (κ3) is 4.51. The molecule has 1 aliphatic rings. The number of imidazole rings is 1. The first-order valence-electron chi connectivity index (χ1n) is 10.4. The summed E-state index contributed by atoms with van der Waals surface area (Å²) in [6, 6.07) is 1.27. The van der Waals surface area contributed by atoms with E-state index < -0.39 is 40.4 Å². The van der Waals surface area contributed by atoms with Gasteiger partial charge in [0.1, 0.15) is 11.8 Å². The van der Waals surface area contributed by atoms with Gasteiger partial charge in [-0.25, -0.2) is 9.37 Å². The largest absolute Gasteiger partial charge is 0.340 e. The predicted octanol–water partition coefficient (Wildman–Crippen LogP) is 3.16. The molecule has 2 N–H and O–H groups in total. The molecule has 164 valence electrons. The smallest absolute Gasteiger partial charge is 0.280 e. The minimum Gasteiger partial charge on any atom is -0.340 e. The number of hydrogen-bond acceptors (Lipinski definition) is 5. The molecular weight excluding hydrogens is 465 g/mol. The van der Waals surface area contributed by atoms with Crippen molar-refractivity contribution in [3.63, 3.8) is 0 Å². The summed E-state index contributed by atoms with van der Waals surface area (Å²) in [5.74, 6) is -1.92. The highest BCUT2D eigenvalue weighted by Crippen LogP contribution is 2.35. The number of nitrogens with one attached hydrogen (secondary N) is 2. The fourth-order valence-electron chi connectivity index (χ4n) is 2.85. The van der Waals surface area contributed by atoms with Gasteiger partial charge >= 0.3 is 0 Å². The Morgan fingerprint density at radius 2 is 2.19 bits per heavy atom. The quantitative estimate of drug-likeness (QED) is 0.592. The zero-order chi connectivity index (χ0) is 25.1. The van der Waals surface area contributed by atoms with Crippen molar-refractivity contribution in [1.82, 2.24) is 18.6 Å². The van der Waals surface area contributed by atoms with E-state index >= 15 is 0 Å². The summed E-state index contributed by atoms with van der Waals surface area (Å²) in [5, 5.41) is 2.03. The molecule has 0 radical (unpaired) electrons. The molecule has 3 atom stereocenters. The number of amides is 1. The van der Waals surface area contributed by atoms with Crippen LogP contribution in [0.5, 0.6) is 0 Å². The summed E-state index contributed by atoms with van der Waals surface area (Å²) >= 11 is 6.77. The summed E-state index contributed by atoms with van der Waals surface area (Å²) in [6.45, 7) is 0. The Hall–Kier alpha value is -2.31. The van der Waals surface area contributed by atoms with Crippen LogP contribution in [0.2, 0.25) is 5.02 Å². The number of likely N-dealkylation sites (N-methyl/N-ethyl adjacent to an activating group) is 1. The molecule has 31 heavy (non-hydrogen) atoms. The monoisotopic (exact) mass is 486 g/mol. The van der Waals surface area contributed by atoms with Gasteiger partial charge in [-0.05, 0) is 36.7 Å². The van der Waals surface area contributed by atoms with Gasteiger partial charge < -0.3 is 9.88 Å². The number of nitrogens with zero attached hydrogens (tertiary/aromatic N) is 3. The van der Waals surface area contributed by atoms with Crippen LogP contribution in [0.1, 0.15) is 21.4 Å². The van der Waals surface area contributed by atoms with Crippen molar-refractivity contribution in [3.8, 4) is 10.6 Å². The fraction of sp³-hybridized carbons (Fsp3) is 0.263. The molecule has 1 unspecified atom stereocenters. The van der Waals surface area contributed by atoms with Crippen LogP contribution in [0, 0.1) is 5.82 Å². The Kier molecular flexibility index (Phi) is 4.91. The molecule has 1 aliphatic heterocycles. The first kappa shape index (κ1) is 18.3. The number of halogens is 2. The fourth-order valence-corrected chi connectivity index (χ4v) is 5.02. The number of aryl methyl sites for hydroxylation is 1. The molecule has 0 spiro atoms. The summed E-state index contributed by atoms with van der Waals surface area (Å²) < 4.78 is 69.9. The highest BCUT2D eigenvalue weighted by molar-refractivity contribution is 7.87. The Morgan fingerprint density at radius 3 is 2.87 bits per heavy atom. The number of carbonyl (C=O) groups is 1. The molecule has 3 heterocycles. The van der Waals surface area contributed by atoms with Gasteiger partial charge in [0.25, 0.3) is 10.2 Å². The lowest BCUT2D eigenvalue weighted by Crippen LogP contribution is -2.55. The molecule has 0 saturated carbocycles. The molecule has 3 aromatic rings. The van der Waals surface area contributed by atoms with Gasteiger partial charge in [0.15, 0.2) is 0 Å². The lowest BCUT2D eigenvalue weighted by molar-refractivity contribution is -0.120. The molecule has 0 bridgehead atoms. The molecule has 1 fully saturated rings. The average molecular weight is 487 g/mol. The van der Waals surface area contributed by atoms with Crippen LogP contribution in [0.4, 0.5) is 10.1 Å². The molecule has 1 aromatic carbocycles. The van der Waals surface area contributed by atoms with Crippen molar-refractivity contribution in [3.05, 3.63) is 58.6 Å². The predicted molar refractivity (Wildman–Crippen MR) is 118 cm³/mol. The van der Waals surface area contributed by atoms with Crippen LogP contribution in [-0.4, -0.2) is 41.2 Å². The van der Waals surface area contributed by atoms with Crippen LogP contribution in [0.15, 0.2) is 42.9 Å². The van der Waals surface area contributed by atoms with E-state index in [1.54, 1.807) is 30.2 Å². The third-order valence-electron chi connectivity index (χ3n) is 4.46. The van der Waals surface area contributed by atoms with Crippen LogP contribution in [0.25, 0.3) is 10.6 Å². The van der Waals surface area contributed by atoms with E-state index in [1.807, 2.05) is 0 Å². The first-order valence-corrected chi connectivity index (χ1v) is 11.5. The van der Waals surface area contributed by atoms with Gasteiger partial charge in [-0.1, -0.05) is 11.6 Å². The summed E-state index contributed by atoms with van der Waals surface area (Å²) in [6.07, 6.45) is 1.39. The Bertz CT molecular complexity index is 1390. The van der Waals surface area contributed by atoms with Crippen LogP contribution >= 0.6 is 22.9 Å². The second-order valence-corrected chi connectivity index (χ2v) is 9.88. The minimum absolute atomic E-state index is 0.00342. The zero-order valence-corrected chi connectivity index (χ0v) is 18.6. The van der Waals surface area contributed by atoms with Gasteiger partial charge in [0, 0.05) is 32.2 Å². The van der Waals surface area contributed by atoms with E-state index in [1.165, 1.54) is 12.1 Å². The van der Waals surface area contributed by atoms with E-state index in [4.69, 9.17) is 15.7 Å². The topological polar surface area (TPSA) is 96.3 Å². The molecule has 1 amide bonds. The number of rotatable bonds is 4. The first-order chi connectivity index (χ1) is 15.8. The van der Waals surface area contributed by atoms with Crippen LogP contribution < -0.4 is 10.0 Å². The lowest BCUT2D eigenvalue weighted by Gasteiger charge is -2.35. The van der Waals surface area contributed by atoms with Crippen molar-refractivity contribution >= 4 is 44.7 Å². The van der Waals surface area contributed by atoms with Crippen molar-refractivity contribution < 1.29 is 21.7 Å². The van der Waals surface area contributed by atoms with Gasteiger partial charge in [0.05, 0.1) is 30.7 Å². The number of benzene rings is 1. The van der Waals surface area contributed by atoms with Gasteiger partial charge in [0.2, 0.25) is 5.91 Å². The molecule has 8 nitrogen and oxygen atoms in total. The Balaban J connectivity index is 1.74. The maximum Gasteiger partial charge on any atom is 0.280 e. The number of thiophene rings is 1. The minimum atomic E-state index is -4.53. The van der Waals surface area contributed by atoms with Crippen LogP contribution in [-0.2, 0) is 22.1 Å². The highest BCUT2D eigenvalue weighted by atomic mass is 35.5. The van der Waals surface area contributed by atoms with E-state index in [0.29, 0.717) is 14.9 Å². The molecule has 4 rings (SSSR count). The standard InChI is InChI=1S/C19H19ClFN5O3S2/c1-25-9-15(22-10-25)18-6-5-17(30-18)14-8-16(26(2)31(28,29)24-14)19(27)23-11-3-4-13(21)12(20)7-11/h3-7,9-10,14,16,24H,8H2,1-2H3,(H,23,27)/t14-,16+/m0/s1/i8D,14D,16D/t8?,14-,16+. The molecule has 12 heteroatoms. The SMILES string of the molecule is [2H]C1[C@]([2H])(C(=O)Nc2ccc(F)c(Cl)c2)N(C)S(=O)(=O)N[C@]1([2H])c1ccc(-c2cn(C)cn2)s1. The van der Waals surface area contributed by atoms with Crippen molar-refractivity contribution in [2.45, 2.75) is 18.4 Å². The van der Waals surface area contributed by atoms with E-state index in [-0.39, 0.29) is 15.6 Å². The van der Waals surface area contributed by atoms with Crippen molar-refractivity contribution in [1.29, 1.82) is 0 Å². The third-order valence-corrected chi connectivity index (χ3v) is 7.28. The highest BCUT2D eigenvalue weighted by Gasteiger charge is 2.41. The maximum atomic E-state index is 13.5. The van der Waals surface area contributed by atoms with E-state index in [9.17, 15) is 17.6 Å². The summed E-state index contributed by atoms with van der Waals surface area (Å²) in [5.41, 5.74) is 0.589. The molecule has 0 aliphatic carbocycles. The van der Waals surface area contributed by atoms with Gasteiger partial charge in [-0.15, -0.1) is 11.3 Å². The van der Waals surface area contributed by atoms with E-state index in [0.717, 1.165) is 30.5 Å². The average Bonchev–Trinajstić information content (AvgIpc) is 3.43. The Labute approximate surface area is 192 Å².